The lowest BCUT2D eigenvalue weighted by Gasteiger charge is -2.01. The Labute approximate surface area is 106 Å². The van der Waals surface area contributed by atoms with Gasteiger partial charge in [-0.3, -0.25) is 0 Å². The highest BCUT2D eigenvalue weighted by Crippen LogP contribution is 2.12. The van der Waals surface area contributed by atoms with Crippen molar-refractivity contribution in [3.8, 4) is 0 Å². The molecule has 0 saturated carbocycles. The summed E-state index contributed by atoms with van der Waals surface area (Å²) < 4.78 is 0. The number of halogens is 1. The van der Waals surface area contributed by atoms with Crippen LogP contribution in [0, 0.1) is 0 Å². The van der Waals surface area contributed by atoms with Crippen LogP contribution in [0.25, 0.3) is 0 Å². The molecule has 0 aliphatic rings. The van der Waals surface area contributed by atoms with Crippen molar-refractivity contribution in [1.82, 2.24) is 0 Å². The summed E-state index contributed by atoms with van der Waals surface area (Å²) in [6, 6.07) is 0. The molecule has 0 atom stereocenters. The molecule has 0 amide bonds. The summed E-state index contributed by atoms with van der Waals surface area (Å²) in [7, 11) is 0. The second kappa shape index (κ2) is 14.6. The minimum absolute atomic E-state index is 0.761. The summed E-state index contributed by atoms with van der Waals surface area (Å²) in [5.41, 5.74) is 0. The summed E-state index contributed by atoms with van der Waals surface area (Å²) in [6.07, 6.45) is 14.2. The van der Waals surface area contributed by atoms with E-state index in [0.29, 0.717) is 0 Å². The topological polar surface area (TPSA) is 0 Å². The van der Waals surface area contributed by atoms with E-state index in [1.807, 2.05) is 11.8 Å². The smallest absolute Gasteiger partial charge is 0.0680 e. The van der Waals surface area contributed by atoms with Gasteiger partial charge in [0, 0.05) is 0 Å². The Morgan fingerprint density at radius 2 is 1.20 bits per heavy atom. The van der Waals surface area contributed by atoms with Crippen molar-refractivity contribution in [2.75, 3.05) is 11.0 Å². The monoisotopic (exact) mass is 250 g/mol. The van der Waals surface area contributed by atoms with Crippen LogP contribution in [0.1, 0.15) is 71.1 Å². The van der Waals surface area contributed by atoms with Crippen LogP contribution in [-0.2, 0) is 0 Å². The van der Waals surface area contributed by atoms with Crippen LogP contribution >= 0.6 is 23.4 Å². The van der Waals surface area contributed by atoms with Crippen molar-refractivity contribution in [1.29, 1.82) is 0 Å². The lowest BCUT2D eigenvalue weighted by Crippen LogP contribution is -1.83. The second-order valence-corrected chi connectivity index (χ2v) is 5.89. The number of hydrogen-bond acceptors (Lipinski definition) is 1. The molecule has 0 heterocycles. The minimum atomic E-state index is 0.761. The van der Waals surface area contributed by atoms with Crippen LogP contribution in [0.3, 0.4) is 0 Å². The van der Waals surface area contributed by atoms with Crippen molar-refractivity contribution in [3.63, 3.8) is 0 Å². The van der Waals surface area contributed by atoms with E-state index in [-0.39, 0.29) is 0 Å². The second-order valence-electron chi connectivity index (χ2n) is 4.20. The highest BCUT2D eigenvalue weighted by atomic mass is 35.5. The Morgan fingerprint density at radius 3 is 1.67 bits per heavy atom. The van der Waals surface area contributed by atoms with Crippen molar-refractivity contribution in [3.05, 3.63) is 0 Å². The first-order valence-corrected chi connectivity index (χ1v) is 8.24. The molecule has 0 aromatic heterocycles. The molecule has 0 N–H and O–H groups in total. The largest absolute Gasteiger partial charge is 0.146 e. The zero-order chi connectivity index (χ0) is 11.2. The zero-order valence-corrected chi connectivity index (χ0v) is 11.8. The summed E-state index contributed by atoms with van der Waals surface area (Å²) in [5, 5.41) is 0.761. The molecular weight excluding hydrogens is 224 g/mol. The average Bonchev–Trinajstić information content (AvgIpc) is 2.26. The average molecular weight is 251 g/mol. The van der Waals surface area contributed by atoms with Gasteiger partial charge in [0.2, 0.25) is 0 Å². The highest BCUT2D eigenvalue weighted by molar-refractivity contribution is 8.00. The number of alkyl halides is 1. The number of rotatable bonds is 12. The molecular formula is C13H27ClS. The van der Waals surface area contributed by atoms with E-state index in [1.54, 1.807) is 0 Å². The van der Waals surface area contributed by atoms with Gasteiger partial charge in [0.1, 0.15) is 0 Å². The quantitative estimate of drug-likeness (QED) is 0.310. The number of hydrogen-bond donors (Lipinski definition) is 0. The fourth-order valence-electron chi connectivity index (χ4n) is 1.75. The van der Waals surface area contributed by atoms with E-state index >= 15 is 0 Å². The van der Waals surface area contributed by atoms with Crippen molar-refractivity contribution < 1.29 is 0 Å². The highest BCUT2D eigenvalue weighted by Gasteiger charge is 1.92. The van der Waals surface area contributed by atoms with E-state index in [9.17, 15) is 0 Å². The van der Waals surface area contributed by atoms with Gasteiger partial charge in [0.15, 0.2) is 0 Å². The minimum Gasteiger partial charge on any atom is -0.146 e. The molecule has 0 rings (SSSR count). The van der Waals surface area contributed by atoms with Crippen LogP contribution in [0.15, 0.2) is 0 Å². The van der Waals surface area contributed by atoms with Gasteiger partial charge in [-0.15, -0.1) is 23.4 Å². The van der Waals surface area contributed by atoms with Gasteiger partial charge in [-0.25, -0.2) is 0 Å². The zero-order valence-electron chi connectivity index (χ0n) is 10.3. The molecule has 0 bridgehead atoms. The maximum absolute atomic E-state index is 5.59. The van der Waals surface area contributed by atoms with Gasteiger partial charge >= 0.3 is 0 Å². The van der Waals surface area contributed by atoms with Gasteiger partial charge in [-0.05, 0) is 12.2 Å². The molecule has 0 radical (unpaired) electrons. The lowest BCUT2D eigenvalue weighted by atomic mass is 10.1. The maximum Gasteiger partial charge on any atom is 0.0680 e. The first-order valence-electron chi connectivity index (χ1n) is 6.55. The molecule has 0 aromatic carbocycles. The Balaban J connectivity index is 2.81. The third-order valence-electron chi connectivity index (χ3n) is 2.72. The van der Waals surface area contributed by atoms with Crippen LogP contribution in [0.4, 0.5) is 0 Å². The van der Waals surface area contributed by atoms with Gasteiger partial charge in [-0.1, -0.05) is 64.7 Å². The third-order valence-corrected chi connectivity index (χ3v) is 3.91. The maximum atomic E-state index is 5.59. The Bertz CT molecular complexity index is 94.7. The SMILES string of the molecule is CCCCCCCCCCCCSCCl. The number of unbranched alkanes of at least 4 members (excludes halogenated alkanes) is 9. The first-order chi connectivity index (χ1) is 7.41. The molecule has 92 valence electrons. The van der Waals surface area contributed by atoms with Gasteiger partial charge in [-0.2, -0.15) is 0 Å². The molecule has 0 aliphatic carbocycles. The van der Waals surface area contributed by atoms with Crippen LogP contribution < -0.4 is 0 Å². The van der Waals surface area contributed by atoms with Crippen molar-refractivity contribution in [2.24, 2.45) is 0 Å². The van der Waals surface area contributed by atoms with E-state index in [0.717, 1.165) is 5.21 Å². The summed E-state index contributed by atoms with van der Waals surface area (Å²) in [6.45, 7) is 2.28. The van der Waals surface area contributed by atoms with Crippen LogP contribution in [0.5, 0.6) is 0 Å². The third kappa shape index (κ3) is 14.6. The molecule has 0 spiro atoms. The molecule has 0 nitrogen and oxygen atoms in total. The van der Waals surface area contributed by atoms with Crippen LogP contribution in [-0.4, -0.2) is 11.0 Å². The summed E-state index contributed by atoms with van der Waals surface area (Å²) in [4.78, 5) is 0. The first kappa shape index (κ1) is 15.6. The Morgan fingerprint density at radius 1 is 0.733 bits per heavy atom. The Kier molecular flexibility index (Phi) is 15.3. The summed E-state index contributed by atoms with van der Waals surface area (Å²) >= 11 is 7.44. The molecule has 0 unspecified atom stereocenters. The Hall–Kier alpha value is 0.640. The predicted molar refractivity (Wildman–Crippen MR) is 75.0 cm³/mol. The van der Waals surface area contributed by atoms with Crippen molar-refractivity contribution in [2.45, 2.75) is 71.1 Å². The fraction of sp³-hybridized carbons (Fsp3) is 1.00. The number of thioether (sulfide) groups is 1. The molecule has 15 heavy (non-hydrogen) atoms. The van der Waals surface area contributed by atoms with Gasteiger partial charge in [0.05, 0.1) is 5.21 Å². The molecule has 2 heteroatoms. The van der Waals surface area contributed by atoms with Gasteiger partial charge < -0.3 is 0 Å². The normalized spacial score (nSPS) is 10.8. The van der Waals surface area contributed by atoms with E-state index < -0.39 is 0 Å². The molecule has 0 aromatic rings. The van der Waals surface area contributed by atoms with E-state index in [2.05, 4.69) is 6.92 Å². The fourth-order valence-corrected chi connectivity index (χ4v) is 2.59. The summed E-state index contributed by atoms with van der Waals surface area (Å²) in [5.74, 6) is 1.25. The molecule has 0 aliphatic heterocycles. The predicted octanol–water partition coefficient (Wildman–Crippen LogP) is 5.84. The van der Waals surface area contributed by atoms with Crippen molar-refractivity contribution >= 4 is 23.4 Å². The molecule has 0 fully saturated rings. The van der Waals surface area contributed by atoms with E-state index in [1.165, 1.54) is 70.0 Å². The van der Waals surface area contributed by atoms with Gasteiger partial charge in [0.25, 0.3) is 0 Å². The van der Waals surface area contributed by atoms with Crippen LogP contribution in [0.2, 0.25) is 0 Å². The standard InChI is InChI=1S/C13H27ClS/c1-2-3-4-5-6-7-8-9-10-11-12-15-13-14/h2-13H2,1H3. The van der Waals surface area contributed by atoms with E-state index in [4.69, 9.17) is 11.6 Å². The lowest BCUT2D eigenvalue weighted by molar-refractivity contribution is 0.563. The molecule has 0 saturated heterocycles.